The second-order valence-electron chi connectivity index (χ2n) is 23.3. The summed E-state index contributed by atoms with van der Waals surface area (Å²) in [7, 11) is -4.68. The van der Waals surface area contributed by atoms with Crippen molar-refractivity contribution in [3.8, 4) is 0 Å². The monoisotopic (exact) mass is 1140 g/mol. The van der Waals surface area contributed by atoms with Crippen LogP contribution in [0.2, 0.25) is 0 Å². The van der Waals surface area contributed by atoms with Crippen LogP contribution in [0.1, 0.15) is 322 Å². The van der Waals surface area contributed by atoms with E-state index in [1.165, 1.54) is 243 Å². The van der Waals surface area contributed by atoms with Crippen molar-refractivity contribution in [2.75, 3.05) is 33.0 Å². The number of phosphoric acid groups is 1. The lowest BCUT2D eigenvalue weighted by molar-refractivity contribution is -0.218. The van der Waals surface area contributed by atoms with Crippen LogP contribution >= 0.6 is 7.82 Å². The number of aromatic nitrogens is 2. The van der Waals surface area contributed by atoms with Crippen molar-refractivity contribution >= 4 is 19.5 Å². The molecule has 0 bridgehead atoms. The van der Waals surface area contributed by atoms with Gasteiger partial charge in [-0.25, -0.2) is 14.4 Å². The first kappa shape index (κ1) is 73.4. The van der Waals surface area contributed by atoms with Crippen LogP contribution in [0.5, 0.6) is 0 Å². The molecule has 0 aromatic carbocycles. The fourth-order valence-corrected chi connectivity index (χ4v) is 11.4. The molecule has 2 heterocycles. The molecule has 0 spiro atoms. The Labute approximate surface area is 482 Å². The number of unbranched alkanes of at least 4 members (excludes halogenated alkanes) is 42. The number of rotatable bonds is 59. The van der Waals surface area contributed by atoms with Gasteiger partial charge in [0.1, 0.15) is 24.4 Å². The third-order valence-electron chi connectivity index (χ3n) is 15.8. The van der Waals surface area contributed by atoms with Gasteiger partial charge in [-0.2, -0.15) is 4.98 Å². The molecule has 1 saturated heterocycles. The lowest BCUT2D eigenvalue weighted by Crippen LogP contribution is -2.36. The molecule has 1 aliphatic rings. The number of phosphoric ester groups is 1. The quantitative estimate of drug-likeness (QED) is 0.0242. The van der Waals surface area contributed by atoms with Gasteiger partial charge in [-0.15, -0.1) is 0 Å². The second kappa shape index (κ2) is 51.9. The first-order valence-electron chi connectivity index (χ1n) is 33.3. The SMILES string of the molecule is CCCCCCCCCCCCCCCCCCOCC(COP(=O)(O)OC[C@H]1O[C@@H](n2ccc(N=C([O-])CCCCCCCCCCCCCCC)nc2=O)[C@@H](O)[C@@H]1O)OCCCCCCCCCCCCCCCCCC. The molecule has 1 aliphatic heterocycles. The Kier molecular flexibility index (Phi) is 48.2. The highest BCUT2D eigenvalue weighted by atomic mass is 31.2. The summed E-state index contributed by atoms with van der Waals surface area (Å²) in [5.41, 5.74) is -0.841. The number of aliphatic hydroxyl groups is 2. The molecule has 464 valence electrons. The summed E-state index contributed by atoms with van der Waals surface area (Å²) in [5, 5.41) is 34.3. The van der Waals surface area contributed by atoms with E-state index in [-0.39, 0.29) is 31.4 Å². The topological polar surface area (TPSA) is 194 Å². The number of ether oxygens (including phenoxy) is 3. The van der Waals surface area contributed by atoms with Gasteiger partial charge in [0.25, 0.3) is 0 Å². The molecule has 2 unspecified atom stereocenters. The van der Waals surface area contributed by atoms with E-state index in [1.807, 2.05) is 0 Å². The number of aliphatic hydroxyl groups excluding tert-OH is 2. The molecule has 2 rings (SSSR count). The molecule has 1 aromatic rings. The Morgan fingerprint density at radius 3 is 1.35 bits per heavy atom. The number of nitrogens with zero attached hydrogens (tertiary/aromatic N) is 3. The van der Waals surface area contributed by atoms with Crippen molar-refractivity contribution in [1.29, 1.82) is 0 Å². The zero-order valence-corrected chi connectivity index (χ0v) is 51.9. The molecular formula is C64H121N3O11P-. The molecule has 15 heteroatoms. The van der Waals surface area contributed by atoms with E-state index < -0.39 is 50.8 Å². The Bertz CT molecular complexity index is 1650. The van der Waals surface area contributed by atoms with Gasteiger partial charge in [0, 0.05) is 19.4 Å². The predicted molar refractivity (Wildman–Crippen MR) is 323 cm³/mol. The molecule has 3 N–H and O–H groups in total. The minimum absolute atomic E-state index is 0.0508. The van der Waals surface area contributed by atoms with Crippen LogP contribution in [-0.2, 0) is 27.8 Å². The van der Waals surface area contributed by atoms with E-state index in [2.05, 4.69) is 30.7 Å². The zero-order valence-electron chi connectivity index (χ0n) is 51.0. The molecule has 79 heavy (non-hydrogen) atoms. The molecule has 1 fully saturated rings. The van der Waals surface area contributed by atoms with Crippen molar-refractivity contribution in [2.24, 2.45) is 4.99 Å². The minimum Gasteiger partial charge on any atom is -0.862 e. The molecule has 0 saturated carbocycles. The van der Waals surface area contributed by atoms with Gasteiger partial charge in [-0.05, 0) is 37.6 Å². The van der Waals surface area contributed by atoms with Crippen LogP contribution in [-0.4, -0.2) is 88.0 Å². The molecule has 14 nitrogen and oxygen atoms in total. The van der Waals surface area contributed by atoms with Crippen LogP contribution in [0.4, 0.5) is 5.82 Å². The van der Waals surface area contributed by atoms with E-state index in [1.54, 1.807) is 0 Å². The van der Waals surface area contributed by atoms with Crippen LogP contribution in [0.25, 0.3) is 0 Å². The highest BCUT2D eigenvalue weighted by molar-refractivity contribution is 7.47. The van der Waals surface area contributed by atoms with Crippen molar-refractivity contribution < 1.29 is 48.0 Å². The molecule has 6 atom stereocenters. The third-order valence-corrected chi connectivity index (χ3v) is 16.7. The molecule has 0 aliphatic carbocycles. The number of aliphatic imine (C=N–C) groups is 1. The summed E-state index contributed by atoms with van der Waals surface area (Å²) in [4.78, 5) is 31.7. The van der Waals surface area contributed by atoms with Gasteiger partial charge in [-0.1, -0.05) is 290 Å². The van der Waals surface area contributed by atoms with E-state index >= 15 is 0 Å². The summed E-state index contributed by atoms with van der Waals surface area (Å²) in [6.07, 6.45) is 52.1. The lowest BCUT2D eigenvalue weighted by Gasteiger charge is -2.21. The Balaban J connectivity index is 1.74. The Morgan fingerprint density at radius 2 is 0.949 bits per heavy atom. The second-order valence-corrected chi connectivity index (χ2v) is 24.7. The molecular weight excluding hydrogens is 1020 g/mol. The number of hydrogen-bond donors (Lipinski definition) is 3. The van der Waals surface area contributed by atoms with Gasteiger partial charge >= 0.3 is 13.5 Å². The fourth-order valence-electron chi connectivity index (χ4n) is 10.6. The highest BCUT2D eigenvalue weighted by Crippen LogP contribution is 2.44. The van der Waals surface area contributed by atoms with E-state index in [0.717, 1.165) is 55.9 Å². The smallest absolute Gasteiger partial charge is 0.472 e. The first-order chi connectivity index (χ1) is 38.6. The standard InChI is InChI=1S/C64H122N3O11P/c1-4-7-10-13-16-19-22-25-27-29-32-35-38-41-44-47-52-74-54-57(75-53-48-45-42-39-36-33-30-28-26-23-20-17-14-11-8-5-2)55-76-79(72,73)77-56-58-61(69)62(70)63(78-58)67-51-50-59(66-64(67)71)65-60(68)49-46-43-40-37-34-31-24-21-18-15-12-9-6-3/h50-51,57-58,61-63,69-70H,4-49,52-56H2,1-3H3,(H,72,73)(H,65,66,68,71)/p-1/t57?,58-,61-,62+,63-/m1/s1. The van der Waals surface area contributed by atoms with Gasteiger partial charge in [0.05, 0.1) is 19.8 Å². The number of hydrogen-bond acceptors (Lipinski definition) is 12. The van der Waals surface area contributed by atoms with Crippen LogP contribution in [0.3, 0.4) is 0 Å². The molecule has 0 radical (unpaired) electrons. The normalized spacial score (nSPS) is 18.0. The van der Waals surface area contributed by atoms with Gasteiger partial charge in [0.15, 0.2) is 12.0 Å². The Hall–Kier alpha value is -1.74. The summed E-state index contributed by atoms with van der Waals surface area (Å²) >= 11 is 0. The maximum atomic E-state index is 13.2. The molecule has 0 amide bonds. The van der Waals surface area contributed by atoms with Crippen LogP contribution in [0.15, 0.2) is 22.1 Å². The lowest BCUT2D eigenvalue weighted by atomic mass is 10.0. The average Bonchev–Trinajstić information content (AvgIpc) is 3.89. The molecule has 1 aromatic heterocycles. The summed E-state index contributed by atoms with van der Waals surface area (Å²) in [6, 6.07) is 1.37. The van der Waals surface area contributed by atoms with E-state index in [0.29, 0.717) is 19.6 Å². The van der Waals surface area contributed by atoms with Crippen molar-refractivity contribution in [3.05, 3.63) is 22.7 Å². The predicted octanol–water partition coefficient (Wildman–Crippen LogP) is 16.8. The largest absolute Gasteiger partial charge is 0.862 e. The van der Waals surface area contributed by atoms with Crippen molar-refractivity contribution in [3.63, 3.8) is 0 Å². The van der Waals surface area contributed by atoms with E-state index in [4.69, 9.17) is 23.3 Å². The summed E-state index contributed by atoms with van der Waals surface area (Å²) in [5.74, 6) is -0.412. The highest BCUT2D eigenvalue weighted by Gasteiger charge is 2.45. The van der Waals surface area contributed by atoms with E-state index in [9.17, 15) is 29.6 Å². The van der Waals surface area contributed by atoms with Crippen LogP contribution < -0.4 is 10.8 Å². The zero-order chi connectivity index (χ0) is 57.1. The van der Waals surface area contributed by atoms with Crippen molar-refractivity contribution in [2.45, 2.75) is 347 Å². The summed E-state index contributed by atoms with van der Waals surface area (Å²) < 4.78 is 42.8. The third kappa shape index (κ3) is 41.0. The first-order valence-corrected chi connectivity index (χ1v) is 34.8. The Morgan fingerprint density at radius 1 is 0.570 bits per heavy atom. The fraction of sp³-hybridized carbons (Fsp3) is 0.922. The maximum Gasteiger partial charge on any atom is 0.472 e. The van der Waals surface area contributed by atoms with Crippen LogP contribution in [0, 0.1) is 0 Å². The average molecular weight is 1140 g/mol. The van der Waals surface area contributed by atoms with Gasteiger partial charge < -0.3 is 34.4 Å². The maximum absolute atomic E-state index is 13.2. The minimum atomic E-state index is -4.68. The van der Waals surface area contributed by atoms with Crippen molar-refractivity contribution in [1.82, 2.24) is 9.55 Å². The van der Waals surface area contributed by atoms with Gasteiger partial charge in [0.2, 0.25) is 0 Å². The van der Waals surface area contributed by atoms with Gasteiger partial charge in [-0.3, -0.25) is 13.6 Å². The summed E-state index contributed by atoms with van der Waals surface area (Å²) in [6.45, 7) is 7.19.